The summed E-state index contributed by atoms with van der Waals surface area (Å²) >= 11 is 0. The first kappa shape index (κ1) is 19.7. The molecule has 9 heteroatoms. The van der Waals surface area contributed by atoms with E-state index in [0.717, 1.165) is 5.56 Å². The third-order valence-electron chi connectivity index (χ3n) is 4.68. The predicted octanol–water partition coefficient (Wildman–Crippen LogP) is 3.58. The lowest BCUT2D eigenvalue weighted by Gasteiger charge is -2.15. The number of fused-ring (bicyclic) bond motifs is 2. The van der Waals surface area contributed by atoms with Gasteiger partial charge in [0.1, 0.15) is 11.5 Å². The van der Waals surface area contributed by atoms with Crippen LogP contribution in [0.2, 0.25) is 0 Å². The van der Waals surface area contributed by atoms with Crippen molar-refractivity contribution in [2.24, 2.45) is 0 Å². The lowest BCUT2D eigenvalue weighted by Crippen LogP contribution is -2.26. The van der Waals surface area contributed by atoms with Crippen LogP contribution in [0.5, 0.6) is 17.2 Å². The van der Waals surface area contributed by atoms with Crippen LogP contribution in [0.1, 0.15) is 15.9 Å². The molecular weight excluding hydrogens is 406 g/mol. The maximum absolute atomic E-state index is 13.0. The van der Waals surface area contributed by atoms with Crippen LogP contribution in [-0.4, -0.2) is 33.5 Å². The number of carbonyl (C=O) groups is 1. The van der Waals surface area contributed by atoms with Crippen molar-refractivity contribution in [1.29, 1.82) is 0 Å². The number of pyridine rings is 1. The third kappa shape index (κ3) is 3.43. The number of hydrogen-bond acceptors (Lipinski definition) is 6. The molecule has 0 saturated heterocycles. The normalized spacial score (nSPS) is 13.0. The van der Waals surface area contributed by atoms with Crippen molar-refractivity contribution in [3.63, 3.8) is 0 Å². The molecular formula is C21H19N3O5S. The van der Waals surface area contributed by atoms with Gasteiger partial charge in [-0.25, -0.2) is 13.4 Å². The van der Waals surface area contributed by atoms with Crippen molar-refractivity contribution >= 4 is 27.4 Å². The smallest absolute Gasteiger partial charge is 0.263 e. The third-order valence-corrected chi connectivity index (χ3v) is 6.05. The number of aryl methyl sites for hydroxylation is 1. The van der Waals surface area contributed by atoms with E-state index >= 15 is 0 Å². The molecule has 4 rings (SSSR count). The van der Waals surface area contributed by atoms with E-state index in [1.165, 1.54) is 30.2 Å². The summed E-state index contributed by atoms with van der Waals surface area (Å²) in [7, 11) is -0.968. The minimum absolute atomic E-state index is 0.0749. The number of methoxy groups -OCH3 is 1. The van der Waals surface area contributed by atoms with Gasteiger partial charge < -0.3 is 9.47 Å². The standard InChI is InChI=1S/C21H19N3O5S/c1-13-6-8-18(28-3)16(11-13)23-30(26,27)14-7-9-17-15(12-14)21(25)24(2)20-19(29-17)5-4-10-22-20/h4-12,23H,1-3H3. The molecule has 0 aliphatic carbocycles. The van der Waals surface area contributed by atoms with Gasteiger partial charge in [-0.2, -0.15) is 0 Å². The number of amides is 1. The number of hydrogen-bond donors (Lipinski definition) is 1. The largest absolute Gasteiger partial charge is 0.495 e. The lowest BCUT2D eigenvalue weighted by molar-refractivity contribution is 0.0992. The van der Waals surface area contributed by atoms with Gasteiger partial charge in [0.05, 0.1) is 23.3 Å². The minimum Gasteiger partial charge on any atom is -0.495 e. The molecule has 8 nitrogen and oxygen atoms in total. The van der Waals surface area contributed by atoms with Crippen LogP contribution in [0.15, 0.2) is 59.6 Å². The predicted molar refractivity (Wildman–Crippen MR) is 112 cm³/mol. The average molecular weight is 425 g/mol. The first-order valence-electron chi connectivity index (χ1n) is 9.02. The number of nitrogens with one attached hydrogen (secondary N) is 1. The summed E-state index contributed by atoms with van der Waals surface area (Å²) in [5.41, 5.74) is 1.30. The SMILES string of the molecule is COc1ccc(C)cc1NS(=O)(=O)c1ccc2c(c1)C(=O)N(C)c1ncccc1O2. The molecule has 0 atom stereocenters. The molecule has 0 bridgehead atoms. The van der Waals surface area contributed by atoms with Crippen LogP contribution in [-0.2, 0) is 10.0 Å². The van der Waals surface area contributed by atoms with Crippen LogP contribution in [0.4, 0.5) is 11.5 Å². The Morgan fingerprint density at radius 1 is 1.10 bits per heavy atom. The van der Waals surface area contributed by atoms with Crippen molar-refractivity contribution in [3.05, 3.63) is 65.9 Å². The Morgan fingerprint density at radius 3 is 2.67 bits per heavy atom. The molecule has 0 unspecified atom stereocenters. The molecule has 1 aliphatic heterocycles. The van der Waals surface area contributed by atoms with Crippen LogP contribution in [0, 0.1) is 6.92 Å². The number of anilines is 2. The highest BCUT2D eigenvalue weighted by atomic mass is 32.2. The highest BCUT2D eigenvalue weighted by Gasteiger charge is 2.28. The van der Waals surface area contributed by atoms with Gasteiger partial charge in [0.2, 0.25) is 0 Å². The molecule has 0 radical (unpaired) electrons. The summed E-state index contributed by atoms with van der Waals surface area (Å²) in [6.45, 7) is 1.84. The van der Waals surface area contributed by atoms with Crippen molar-refractivity contribution in [2.75, 3.05) is 23.8 Å². The van der Waals surface area contributed by atoms with Crippen LogP contribution >= 0.6 is 0 Å². The van der Waals surface area contributed by atoms with Crippen LogP contribution in [0.25, 0.3) is 0 Å². The second kappa shape index (κ2) is 7.34. The quantitative estimate of drug-likeness (QED) is 0.686. The summed E-state index contributed by atoms with van der Waals surface area (Å²) in [6.07, 6.45) is 1.55. The van der Waals surface area contributed by atoms with E-state index in [1.807, 2.05) is 13.0 Å². The molecule has 3 aromatic rings. The van der Waals surface area contributed by atoms with Crippen LogP contribution < -0.4 is 19.1 Å². The second-order valence-electron chi connectivity index (χ2n) is 6.76. The molecule has 2 aromatic carbocycles. The minimum atomic E-state index is -3.99. The monoisotopic (exact) mass is 425 g/mol. The summed E-state index contributed by atoms with van der Waals surface area (Å²) in [4.78, 5) is 18.4. The fourth-order valence-corrected chi connectivity index (χ4v) is 4.23. The van der Waals surface area contributed by atoms with E-state index in [0.29, 0.717) is 23.0 Å². The molecule has 0 saturated carbocycles. The van der Waals surface area contributed by atoms with Crippen molar-refractivity contribution < 1.29 is 22.7 Å². The van der Waals surface area contributed by atoms with Gasteiger partial charge in [-0.15, -0.1) is 0 Å². The van der Waals surface area contributed by atoms with E-state index in [2.05, 4.69) is 9.71 Å². The molecule has 0 spiro atoms. The molecule has 30 heavy (non-hydrogen) atoms. The Balaban J connectivity index is 1.74. The Bertz CT molecular complexity index is 1260. The topological polar surface area (TPSA) is 97.8 Å². The number of rotatable bonds is 4. The van der Waals surface area contributed by atoms with E-state index in [4.69, 9.17) is 9.47 Å². The zero-order valence-corrected chi connectivity index (χ0v) is 17.4. The van der Waals surface area contributed by atoms with Gasteiger partial charge in [0.25, 0.3) is 15.9 Å². The maximum atomic E-state index is 13.0. The van der Waals surface area contributed by atoms with Gasteiger partial charge in [0, 0.05) is 13.2 Å². The van der Waals surface area contributed by atoms with Crippen LogP contribution in [0.3, 0.4) is 0 Å². The number of benzene rings is 2. The summed E-state index contributed by atoms with van der Waals surface area (Å²) in [5.74, 6) is 0.981. The molecule has 2 heterocycles. The van der Waals surface area contributed by atoms with E-state index in [-0.39, 0.29) is 16.2 Å². The Labute approximate surface area is 174 Å². The number of ether oxygens (including phenoxy) is 2. The number of nitrogens with zero attached hydrogens (tertiary/aromatic N) is 2. The van der Waals surface area contributed by atoms with Gasteiger partial charge in [-0.05, 0) is 55.0 Å². The van der Waals surface area contributed by atoms with Gasteiger partial charge in [-0.1, -0.05) is 6.07 Å². The number of sulfonamides is 1. The van der Waals surface area contributed by atoms with Gasteiger partial charge in [0.15, 0.2) is 11.6 Å². The average Bonchev–Trinajstić information content (AvgIpc) is 2.83. The van der Waals surface area contributed by atoms with E-state index < -0.39 is 15.9 Å². The Hall–Kier alpha value is -3.59. The highest BCUT2D eigenvalue weighted by molar-refractivity contribution is 7.92. The Kier molecular flexibility index (Phi) is 4.83. The molecule has 1 N–H and O–H groups in total. The fraction of sp³-hybridized carbons (Fsp3) is 0.143. The lowest BCUT2D eigenvalue weighted by atomic mass is 10.2. The zero-order valence-electron chi connectivity index (χ0n) is 16.5. The molecule has 0 fully saturated rings. The number of carbonyl (C=O) groups excluding carboxylic acids is 1. The van der Waals surface area contributed by atoms with E-state index in [1.54, 1.807) is 37.5 Å². The van der Waals surface area contributed by atoms with Crippen molar-refractivity contribution in [2.45, 2.75) is 11.8 Å². The Morgan fingerprint density at radius 2 is 1.90 bits per heavy atom. The molecule has 1 aliphatic rings. The fourth-order valence-electron chi connectivity index (χ4n) is 3.15. The summed E-state index contributed by atoms with van der Waals surface area (Å²) in [6, 6.07) is 12.7. The summed E-state index contributed by atoms with van der Waals surface area (Å²) in [5, 5.41) is 0. The van der Waals surface area contributed by atoms with Gasteiger partial charge in [-0.3, -0.25) is 14.4 Å². The highest BCUT2D eigenvalue weighted by Crippen LogP contribution is 2.38. The maximum Gasteiger partial charge on any atom is 0.263 e. The van der Waals surface area contributed by atoms with Gasteiger partial charge >= 0.3 is 0 Å². The first-order chi connectivity index (χ1) is 14.3. The van der Waals surface area contributed by atoms with E-state index in [9.17, 15) is 13.2 Å². The second-order valence-corrected chi connectivity index (χ2v) is 8.44. The molecule has 1 amide bonds. The zero-order chi connectivity index (χ0) is 21.5. The molecule has 1 aromatic heterocycles. The summed E-state index contributed by atoms with van der Waals surface area (Å²) < 4.78 is 39.6. The molecule has 154 valence electrons. The van der Waals surface area contributed by atoms with Crippen molar-refractivity contribution in [1.82, 2.24) is 4.98 Å². The van der Waals surface area contributed by atoms with Crippen molar-refractivity contribution in [3.8, 4) is 17.2 Å². The number of aromatic nitrogens is 1. The first-order valence-corrected chi connectivity index (χ1v) is 10.5.